The maximum atomic E-state index is 13.6. The second kappa shape index (κ2) is 9.29. The molecule has 2 aromatic carbocycles. The molecule has 1 heterocycles. The van der Waals surface area contributed by atoms with E-state index in [-0.39, 0.29) is 21.2 Å². The van der Waals surface area contributed by atoms with Crippen LogP contribution < -0.4 is 0 Å². The molecule has 6 nitrogen and oxygen atoms in total. The van der Waals surface area contributed by atoms with Crippen molar-refractivity contribution >= 4 is 58.3 Å². The van der Waals surface area contributed by atoms with Crippen molar-refractivity contribution in [1.82, 2.24) is 10.0 Å². The summed E-state index contributed by atoms with van der Waals surface area (Å²) < 4.78 is 0. The van der Waals surface area contributed by atoms with E-state index >= 15 is 0 Å². The van der Waals surface area contributed by atoms with Crippen molar-refractivity contribution in [3.63, 3.8) is 0 Å². The van der Waals surface area contributed by atoms with E-state index in [9.17, 15) is 19.2 Å². The molecule has 2 aromatic rings. The predicted octanol–water partition coefficient (Wildman–Crippen LogP) is 5.23. The minimum atomic E-state index is -1.16. The lowest BCUT2D eigenvalue weighted by Crippen LogP contribution is -2.56. The van der Waals surface area contributed by atoms with Crippen molar-refractivity contribution in [2.45, 2.75) is 25.8 Å². The van der Waals surface area contributed by atoms with Crippen LogP contribution in [0.5, 0.6) is 0 Å². The number of hydrogen-bond donors (Lipinski definition) is 0. The topological polar surface area (TPSA) is 74.8 Å². The summed E-state index contributed by atoms with van der Waals surface area (Å²) in [5.41, 5.74) is 0.380. The number of halogens is 3. The molecule has 0 unspecified atom stereocenters. The van der Waals surface area contributed by atoms with Gasteiger partial charge in [0, 0.05) is 16.1 Å². The molecule has 1 saturated heterocycles. The zero-order valence-corrected chi connectivity index (χ0v) is 19.8. The van der Waals surface area contributed by atoms with Crippen molar-refractivity contribution in [1.29, 1.82) is 0 Å². The summed E-state index contributed by atoms with van der Waals surface area (Å²) in [6.45, 7) is 1.48. The summed E-state index contributed by atoms with van der Waals surface area (Å²) in [6, 6.07) is 9.23. The zero-order chi connectivity index (χ0) is 23.9. The van der Waals surface area contributed by atoms with Crippen LogP contribution in [0.3, 0.4) is 0 Å². The maximum absolute atomic E-state index is 13.6. The first kappa shape index (κ1) is 23.5. The van der Waals surface area contributed by atoms with Crippen LogP contribution in [-0.2, 0) is 9.59 Å². The van der Waals surface area contributed by atoms with Gasteiger partial charge in [-0.1, -0.05) is 47.0 Å². The van der Waals surface area contributed by atoms with Gasteiger partial charge in [-0.2, -0.15) is 5.01 Å². The highest BCUT2D eigenvalue weighted by Crippen LogP contribution is 2.37. The summed E-state index contributed by atoms with van der Waals surface area (Å²) in [7, 11) is 0. The van der Waals surface area contributed by atoms with Gasteiger partial charge >= 0.3 is 0 Å². The molecular formula is C24H19Cl3N2O4. The van der Waals surface area contributed by atoms with Crippen LogP contribution in [0.15, 0.2) is 54.6 Å². The van der Waals surface area contributed by atoms with Crippen LogP contribution in [0.2, 0.25) is 15.1 Å². The van der Waals surface area contributed by atoms with Crippen LogP contribution in [0.25, 0.3) is 0 Å². The van der Waals surface area contributed by atoms with Gasteiger partial charge in [-0.3, -0.25) is 19.2 Å². The van der Waals surface area contributed by atoms with Gasteiger partial charge in [0.05, 0.1) is 21.9 Å². The van der Waals surface area contributed by atoms with E-state index in [1.165, 1.54) is 37.3 Å². The fourth-order valence-corrected chi connectivity index (χ4v) is 4.59. The maximum Gasteiger partial charge on any atom is 0.273 e. The number of carbonyl (C=O) groups is 4. The molecule has 1 fully saturated rings. The number of ketones is 1. The normalized spacial score (nSPS) is 20.5. The van der Waals surface area contributed by atoms with Gasteiger partial charge in [0.25, 0.3) is 17.7 Å². The Balaban J connectivity index is 1.76. The second-order valence-electron chi connectivity index (χ2n) is 7.97. The van der Waals surface area contributed by atoms with E-state index in [0.29, 0.717) is 17.9 Å². The molecular weight excluding hydrogens is 487 g/mol. The molecule has 9 heteroatoms. The molecule has 170 valence electrons. The summed E-state index contributed by atoms with van der Waals surface area (Å²) in [6.07, 6.45) is 4.51. The molecule has 0 spiro atoms. The Morgan fingerprint density at radius 2 is 1.42 bits per heavy atom. The molecule has 33 heavy (non-hydrogen) atoms. The van der Waals surface area contributed by atoms with Crippen molar-refractivity contribution in [3.05, 3.63) is 80.8 Å². The molecule has 0 saturated carbocycles. The second-order valence-corrected chi connectivity index (χ2v) is 9.22. The molecule has 1 aliphatic carbocycles. The minimum absolute atomic E-state index is 0.0914. The van der Waals surface area contributed by atoms with E-state index in [1.807, 2.05) is 12.2 Å². The Bertz CT molecular complexity index is 1150. The van der Waals surface area contributed by atoms with Crippen molar-refractivity contribution in [3.8, 4) is 0 Å². The molecule has 0 radical (unpaired) electrons. The quantitative estimate of drug-likeness (QED) is 0.317. The lowest BCUT2D eigenvalue weighted by atomic mass is 9.85. The SMILES string of the molecule is C[C@H](C(=O)c1ccc(Cl)cc1)N(C(=O)c1ccc(Cl)c(Cl)c1)N1C(=O)[C@H]2CC=CC[C@@H]2C1=O. The molecule has 0 bridgehead atoms. The van der Waals surface area contributed by atoms with Gasteiger partial charge in [-0.25, -0.2) is 5.01 Å². The number of hydrogen-bond acceptors (Lipinski definition) is 4. The van der Waals surface area contributed by atoms with Gasteiger partial charge in [-0.15, -0.1) is 0 Å². The minimum Gasteiger partial charge on any atom is -0.292 e. The van der Waals surface area contributed by atoms with E-state index in [0.717, 1.165) is 10.0 Å². The van der Waals surface area contributed by atoms with E-state index < -0.39 is 41.4 Å². The third kappa shape index (κ3) is 4.31. The van der Waals surface area contributed by atoms with Crippen LogP contribution in [0.4, 0.5) is 0 Å². The van der Waals surface area contributed by atoms with Gasteiger partial charge in [-0.05, 0) is 62.2 Å². The molecule has 0 N–H and O–H groups in total. The molecule has 0 aromatic heterocycles. The lowest BCUT2D eigenvalue weighted by molar-refractivity contribution is -0.156. The number of Topliss-reactive ketones (excluding diaryl/α,β-unsaturated/α-hetero) is 1. The molecule has 3 atom stereocenters. The van der Waals surface area contributed by atoms with E-state index in [1.54, 1.807) is 12.1 Å². The van der Waals surface area contributed by atoms with Crippen molar-refractivity contribution in [2.75, 3.05) is 0 Å². The lowest BCUT2D eigenvalue weighted by Gasteiger charge is -2.34. The van der Waals surface area contributed by atoms with Gasteiger partial charge in [0.1, 0.15) is 6.04 Å². The van der Waals surface area contributed by atoms with Crippen LogP contribution in [-0.4, -0.2) is 39.6 Å². The third-order valence-electron chi connectivity index (χ3n) is 5.95. The van der Waals surface area contributed by atoms with Crippen molar-refractivity contribution < 1.29 is 19.2 Å². The third-order valence-corrected chi connectivity index (χ3v) is 6.94. The standard InChI is InChI=1S/C24H19Cl3N2O4/c1-13(21(30)14-6-9-16(25)10-7-14)28(22(31)15-8-11-19(26)20(27)12-15)29-23(32)17-4-2-3-5-18(17)24(29)33/h2-3,6-13,17-18H,4-5H2,1H3/t13-,17+,18+/m1/s1. The molecule has 2 aliphatic rings. The van der Waals surface area contributed by atoms with Crippen LogP contribution >= 0.6 is 34.8 Å². The Kier molecular flexibility index (Phi) is 6.61. The summed E-state index contributed by atoms with van der Waals surface area (Å²) >= 11 is 18.0. The number of benzene rings is 2. The van der Waals surface area contributed by atoms with E-state index in [4.69, 9.17) is 34.8 Å². The first-order valence-corrected chi connectivity index (χ1v) is 11.4. The Morgan fingerprint density at radius 1 is 0.879 bits per heavy atom. The Morgan fingerprint density at radius 3 is 1.97 bits per heavy atom. The van der Waals surface area contributed by atoms with E-state index in [2.05, 4.69) is 0 Å². The molecule has 3 amide bonds. The number of nitrogens with zero attached hydrogens (tertiary/aromatic N) is 2. The van der Waals surface area contributed by atoms with Gasteiger partial charge in [0.15, 0.2) is 5.78 Å². The van der Waals surface area contributed by atoms with Crippen LogP contribution in [0, 0.1) is 11.8 Å². The highest BCUT2D eigenvalue weighted by atomic mass is 35.5. The summed E-state index contributed by atoms with van der Waals surface area (Å²) in [5.74, 6) is -3.30. The summed E-state index contributed by atoms with van der Waals surface area (Å²) in [4.78, 5) is 53.4. The van der Waals surface area contributed by atoms with Crippen molar-refractivity contribution in [2.24, 2.45) is 11.8 Å². The average Bonchev–Trinajstić information content (AvgIpc) is 3.06. The average molecular weight is 506 g/mol. The number of carbonyl (C=O) groups excluding carboxylic acids is 4. The number of imide groups is 1. The largest absolute Gasteiger partial charge is 0.292 e. The molecule has 1 aliphatic heterocycles. The fraction of sp³-hybridized carbons (Fsp3) is 0.250. The van der Waals surface area contributed by atoms with Crippen LogP contribution in [0.1, 0.15) is 40.5 Å². The predicted molar refractivity (Wildman–Crippen MR) is 125 cm³/mol. The highest BCUT2D eigenvalue weighted by molar-refractivity contribution is 6.42. The first-order valence-electron chi connectivity index (χ1n) is 10.3. The Labute approximate surface area is 205 Å². The summed E-state index contributed by atoms with van der Waals surface area (Å²) in [5, 5.41) is 2.61. The number of allylic oxidation sites excluding steroid dienone is 2. The highest BCUT2D eigenvalue weighted by Gasteiger charge is 2.52. The molecule has 4 rings (SSSR count). The Hall–Kier alpha value is -2.67. The number of rotatable bonds is 5. The number of fused-ring (bicyclic) bond motifs is 1. The van der Waals surface area contributed by atoms with Gasteiger partial charge < -0.3 is 0 Å². The van der Waals surface area contributed by atoms with Gasteiger partial charge in [0.2, 0.25) is 0 Å². The number of amides is 3. The number of hydrazine groups is 1. The zero-order valence-electron chi connectivity index (χ0n) is 17.5. The monoisotopic (exact) mass is 504 g/mol. The smallest absolute Gasteiger partial charge is 0.273 e. The fourth-order valence-electron chi connectivity index (χ4n) is 4.16. The first-order chi connectivity index (χ1) is 15.7.